The number of nitrogens with one attached hydrogen (secondary N) is 1. The van der Waals surface area contributed by atoms with Crippen molar-refractivity contribution in [3.63, 3.8) is 0 Å². The summed E-state index contributed by atoms with van der Waals surface area (Å²) in [6, 6.07) is 5.36. The first kappa shape index (κ1) is 17.8. The third kappa shape index (κ3) is 5.55. The van der Waals surface area contributed by atoms with Crippen molar-refractivity contribution in [1.29, 1.82) is 0 Å². The maximum absolute atomic E-state index is 13.7. The molecule has 0 saturated carbocycles. The van der Waals surface area contributed by atoms with Crippen molar-refractivity contribution in [1.82, 2.24) is 4.72 Å². The second kappa shape index (κ2) is 7.66. The van der Waals surface area contributed by atoms with E-state index in [1.165, 1.54) is 6.07 Å². The second-order valence-corrected chi connectivity index (χ2v) is 7.60. The van der Waals surface area contributed by atoms with Gasteiger partial charge < -0.3 is 4.74 Å². The Balaban J connectivity index is 2.90. The highest BCUT2D eigenvalue weighted by atomic mass is 32.2. The molecule has 1 aromatic carbocycles. The van der Waals surface area contributed by atoms with E-state index < -0.39 is 33.6 Å². The number of rotatable bonds is 6. The van der Waals surface area contributed by atoms with Crippen LogP contribution in [0.25, 0.3) is 0 Å². The summed E-state index contributed by atoms with van der Waals surface area (Å²) in [4.78, 5) is 12.0. The number of carbonyl (C=O) groups is 1. The quantitative estimate of drug-likeness (QED) is 0.820. The lowest BCUT2D eigenvalue weighted by Gasteiger charge is -2.23. The molecule has 0 heterocycles. The first-order valence-electron chi connectivity index (χ1n) is 6.83. The van der Waals surface area contributed by atoms with Crippen molar-refractivity contribution in [3.05, 3.63) is 35.6 Å². The molecular formula is C15H22FNO3S. The van der Waals surface area contributed by atoms with Crippen molar-refractivity contribution >= 4 is 17.0 Å². The first-order chi connectivity index (χ1) is 9.75. The molecule has 0 aliphatic heterocycles. The van der Waals surface area contributed by atoms with Gasteiger partial charge in [-0.1, -0.05) is 18.2 Å². The number of ether oxygens (including phenoxy) is 1. The topological polar surface area (TPSA) is 55.4 Å². The Labute approximate surface area is 127 Å². The number of hydrogen-bond acceptors (Lipinski definition) is 3. The lowest BCUT2D eigenvalue weighted by molar-refractivity contribution is -0.145. The molecule has 6 heteroatoms. The van der Waals surface area contributed by atoms with E-state index in [1.807, 2.05) is 0 Å². The van der Waals surface area contributed by atoms with Crippen LogP contribution in [-0.4, -0.2) is 27.6 Å². The van der Waals surface area contributed by atoms with E-state index >= 15 is 0 Å². The van der Waals surface area contributed by atoms with Crippen LogP contribution in [0.3, 0.4) is 0 Å². The fourth-order valence-corrected chi connectivity index (χ4v) is 2.40. The molecule has 0 amide bonds. The van der Waals surface area contributed by atoms with Gasteiger partial charge in [-0.25, -0.2) is 13.3 Å². The van der Waals surface area contributed by atoms with E-state index in [9.17, 15) is 13.4 Å². The van der Waals surface area contributed by atoms with Crippen LogP contribution in [0.5, 0.6) is 0 Å². The van der Waals surface area contributed by atoms with Crippen LogP contribution >= 0.6 is 0 Å². The van der Waals surface area contributed by atoms with Crippen LogP contribution in [0, 0.1) is 5.82 Å². The SMILES string of the molecule is CCOC(=O)C(Cc1ccccc1F)NS(=O)C(C)(C)C. The van der Waals surface area contributed by atoms with E-state index in [2.05, 4.69) is 4.72 Å². The van der Waals surface area contributed by atoms with Gasteiger partial charge in [-0.2, -0.15) is 0 Å². The summed E-state index contributed by atoms with van der Waals surface area (Å²) in [6.45, 7) is 7.29. The van der Waals surface area contributed by atoms with Crippen molar-refractivity contribution in [2.75, 3.05) is 6.61 Å². The summed E-state index contributed by atoms with van der Waals surface area (Å²) in [5.74, 6) is -0.923. The molecular weight excluding hydrogens is 293 g/mol. The van der Waals surface area contributed by atoms with Crippen LogP contribution in [0.4, 0.5) is 4.39 Å². The zero-order valence-corrected chi connectivity index (χ0v) is 13.6. The number of benzene rings is 1. The zero-order valence-electron chi connectivity index (χ0n) is 12.8. The molecule has 1 rings (SSSR count). The highest BCUT2D eigenvalue weighted by molar-refractivity contribution is 7.84. The summed E-state index contributed by atoms with van der Waals surface area (Å²) >= 11 is 0. The Hall–Kier alpha value is -1.27. The minimum Gasteiger partial charge on any atom is -0.465 e. The molecule has 0 spiro atoms. The van der Waals surface area contributed by atoms with Gasteiger partial charge in [0.15, 0.2) is 0 Å². The summed E-state index contributed by atoms with van der Waals surface area (Å²) < 4.78 is 33.1. The van der Waals surface area contributed by atoms with Gasteiger partial charge in [0.2, 0.25) is 0 Å². The van der Waals surface area contributed by atoms with E-state index in [4.69, 9.17) is 4.74 Å². The lowest BCUT2D eigenvalue weighted by Crippen LogP contribution is -2.46. The van der Waals surface area contributed by atoms with E-state index in [0.717, 1.165) is 0 Å². The fraction of sp³-hybridized carbons (Fsp3) is 0.533. The van der Waals surface area contributed by atoms with Crippen molar-refractivity contribution in [2.24, 2.45) is 0 Å². The molecule has 0 aromatic heterocycles. The molecule has 1 N–H and O–H groups in total. The summed E-state index contributed by atoms with van der Waals surface area (Å²) in [5.41, 5.74) is 0.383. The zero-order chi connectivity index (χ0) is 16.0. The van der Waals surface area contributed by atoms with Crippen LogP contribution < -0.4 is 4.72 Å². The van der Waals surface area contributed by atoms with Crippen LogP contribution in [0.1, 0.15) is 33.3 Å². The Morgan fingerprint density at radius 2 is 2.00 bits per heavy atom. The Morgan fingerprint density at radius 1 is 1.38 bits per heavy atom. The molecule has 118 valence electrons. The Bertz CT molecular complexity index is 514. The molecule has 2 atom stereocenters. The number of esters is 1. The van der Waals surface area contributed by atoms with Crippen molar-refractivity contribution in [3.8, 4) is 0 Å². The molecule has 1 aromatic rings. The Morgan fingerprint density at radius 3 is 2.52 bits per heavy atom. The van der Waals surface area contributed by atoms with Gasteiger partial charge in [0.1, 0.15) is 11.9 Å². The highest BCUT2D eigenvalue weighted by Crippen LogP contribution is 2.14. The molecule has 0 radical (unpaired) electrons. The molecule has 0 bridgehead atoms. The van der Waals surface area contributed by atoms with Gasteiger partial charge in [0.25, 0.3) is 0 Å². The highest BCUT2D eigenvalue weighted by Gasteiger charge is 2.28. The second-order valence-electron chi connectivity index (χ2n) is 5.60. The average Bonchev–Trinajstić information content (AvgIpc) is 2.39. The number of halogens is 1. The maximum Gasteiger partial charge on any atom is 0.324 e. The number of carbonyl (C=O) groups excluding carboxylic acids is 1. The van der Waals surface area contributed by atoms with E-state index in [1.54, 1.807) is 45.9 Å². The predicted molar refractivity (Wildman–Crippen MR) is 81.6 cm³/mol. The average molecular weight is 315 g/mol. The van der Waals surface area contributed by atoms with Gasteiger partial charge in [-0.15, -0.1) is 0 Å². The third-order valence-corrected chi connectivity index (χ3v) is 4.37. The van der Waals surface area contributed by atoms with Crippen molar-refractivity contribution in [2.45, 2.75) is 44.9 Å². The van der Waals surface area contributed by atoms with Crippen LogP contribution in [0.2, 0.25) is 0 Å². The van der Waals surface area contributed by atoms with E-state index in [0.29, 0.717) is 5.56 Å². The summed E-state index contributed by atoms with van der Waals surface area (Å²) in [5, 5.41) is 0. The van der Waals surface area contributed by atoms with Gasteiger partial charge in [-0.05, 0) is 39.3 Å². The smallest absolute Gasteiger partial charge is 0.324 e. The standard InChI is InChI=1S/C15H22FNO3S/c1-5-20-14(18)13(17-21(19)15(2,3)4)10-11-8-6-7-9-12(11)16/h6-9,13,17H,5,10H2,1-4H3. The van der Waals surface area contributed by atoms with Crippen LogP contribution in [-0.2, 0) is 26.9 Å². The monoisotopic (exact) mass is 315 g/mol. The minimum absolute atomic E-state index is 0.0906. The third-order valence-electron chi connectivity index (χ3n) is 2.76. The van der Waals surface area contributed by atoms with Gasteiger partial charge in [0, 0.05) is 6.42 Å². The minimum atomic E-state index is -1.45. The summed E-state index contributed by atoms with van der Waals surface area (Å²) in [7, 11) is -1.45. The van der Waals surface area contributed by atoms with E-state index in [-0.39, 0.29) is 13.0 Å². The molecule has 21 heavy (non-hydrogen) atoms. The van der Waals surface area contributed by atoms with Gasteiger partial charge in [-0.3, -0.25) is 4.79 Å². The molecule has 0 aliphatic rings. The number of hydrogen-bond donors (Lipinski definition) is 1. The van der Waals surface area contributed by atoms with Gasteiger partial charge in [0.05, 0.1) is 22.3 Å². The summed E-state index contributed by atoms with van der Waals surface area (Å²) in [6.07, 6.45) is 0.0906. The predicted octanol–water partition coefficient (Wildman–Crippen LogP) is 2.35. The normalized spacial score (nSPS) is 14.5. The molecule has 4 nitrogen and oxygen atoms in total. The largest absolute Gasteiger partial charge is 0.465 e. The first-order valence-corrected chi connectivity index (χ1v) is 7.98. The molecule has 0 fully saturated rings. The molecule has 2 unspecified atom stereocenters. The Kier molecular flexibility index (Phi) is 6.48. The lowest BCUT2D eigenvalue weighted by atomic mass is 10.1. The fourth-order valence-electron chi connectivity index (χ4n) is 1.61. The van der Waals surface area contributed by atoms with Crippen molar-refractivity contribution < 1.29 is 18.1 Å². The van der Waals surface area contributed by atoms with Crippen LogP contribution in [0.15, 0.2) is 24.3 Å². The van der Waals surface area contributed by atoms with Gasteiger partial charge >= 0.3 is 5.97 Å². The maximum atomic E-state index is 13.7. The molecule has 0 saturated heterocycles. The molecule has 0 aliphatic carbocycles.